The average molecular weight is 232 g/mol. The van der Waals surface area contributed by atoms with E-state index in [2.05, 4.69) is 18.4 Å². The molecule has 2 aromatic rings. The number of hydrogen-bond acceptors (Lipinski definition) is 2. The van der Waals surface area contributed by atoms with E-state index in [1.807, 2.05) is 18.3 Å². The fourth-order valence-electron chi connectivity index (χ4n) is 1.89. The van der Waals surface area contributed by atoms with Crippen molar-refractivity contribution in [3.63, 3.8) is 0 Å². The molecular formula is C13H16N2O2. The molecule has 2 rings (SSSR count). The molecule has 0 aliphatic heterocycles. The minimum Gasteiger partial charge on any atom is -0.347 e. The van der Waals surface area contributed by atoms with Crippen LogP contribution in [-0.2, 0) is 6.54 Å². The molecule has 1 heterocycles. The van der Waals surface area contributed by atoms with Gasteiger partial charge in [0.1, 0.15) is 0 Å². The van der Waals surface area contributed by atoms with Gasteiger partial charge in [-0.3, -0.25) is 10.1 Å². The van der Waals surface area contributed by atoms with Crippen molar-refractivity contribution in [2.45, 2.75) is 26.8 Å². The van der Waals surface area contributed by atoms with Crippen LogP contribution in [0.5, 0.6) is 0 Å². The number of fused-ring (bicyclic) bond motifs is 1. The van der Waals surface area contributed by atoms with Gasteiger partial charge in [0.05, 0.1) is 4.92 Å². The Balaban J connectivity index is 2.31. The average Bonchev–Trinajstić information content (AvgIpc) is 2.68. The summed E-state index contributed by atoms with van der Waals surface area (Å²) < 4.78 is 2.15. The molecule has 0 aliphatic carbocycles. The van der Waals surface area contributed by atoms with E-state index in [9.17, 15) is 10.1 Å². The van der Waals surface area contributed by atoms with Gasteiger partial charge in [-0.1, -0.05) is 13.8 Å². The third-order valence-corrected chi connectivity index (χ3v) is 2.91. The van der Waals surface area contributed by atoms with Crippen molar-refractivity contribution in [2.75, 3.05) is 0 Å². The third kappa shape index (κ3) is 2.46. The molecule has 1 aromatic carbocycles. The summed E-state index contributed by atoms with van der Waals surface area (Å²) in [5, 5.41) is 11.6. The van der Waals surface area contributed by atoms with Crippen LogP contribution in [0.3, 0.4) is 0 Å². The van der Waals surface area contributed by atoms with Crippen molar-refractivity contribution < 1.29 is 4.92 Å². The minimum atomic E-state index is -0.356. The van der Waals surface area contributed by atoms with E-state index in [4.69, 9.17) is 0 Å². The highest BCUT2D eigenvalue weighted by Crippen LogP contribution is 2.22. The number of aryl methyl sites for hydroxylation is 1. The number of nitro groups is 1. The van der Waals surface area contributed by atoms with Gasteiger partial charge in [-0.2, -0.15) is 0 Å². The lowest BCUT2D eigenvalue weighted by Crippen LogP contribution is -1.99. The molecule has 0 unspecified atom stereocenters. The quantitative estimate of drug-likeness (QED) is 0.597. The molecule has 0 amide bonds. The van der Waals surface area contributed by atoms with Gasteiger partial charge >= 0.3 is 0 Å². The number of nitrogens with zero attached hydrogens (tertiary/aromatic N) is 2. The van der Waals surface area contributed by atoms with Crippen LogP contribution in [0.25, 0.3) is 10.9 Å². The van der Waals surface area contributed by atoms with Crippen LogP contribution in [0, 0.1) is 16.0 Å². The summed E-state index contributed by atoms with van der Waals surface area (Å²) in [4.78, 5) is 10.3. The van der Waals surface area contributed by atoms with Gasteiger partial charge in [0.25, 0.3) is 5.69 Å². The van der Waals surface area contributed by atoms with E-state index < -0.39 is 0 Å². The number of nitro benzene ring substituents is 1. The highest BCUT2D eigenvalue weighted by atomic mass is 16.6. The van der Waals surface area contributed by atoms with Gasteiger partial charge in [0.15, 0.2) is 0 Å². The van der Waals surface area contributed by atoms with E-state index in [1.54, 1.807) is 12.1 Å². The summed E-state index contributed by atoms with van der Waals surface area (Å²) in [6.07, 6.45) is 3.11. The summed E-state index contributed by atoms with van der Waals surface area (Å²) in [6, 6.07) is 6.95. The zero-order valence-electron chi connectivity index (χ0n) is 10.1. The molecule has 90 valence electrons. The zero-order valence-corrected chi connectivity index (χ0v) is 10.1. The van der Waals surface area contributed by atoms with E-state index in [0.717, 1.165) is 23.9 Å². The van der Waals surface area contributed by atoms with Crippen LogP contribution in [0.1, 0.15) is 20.3 Å². The first kappa shape index (κ1) is 11.6. The first-order valence-corrected chi connectivity index (χ1v) is 5.81. The second kappa shape index (κ2) is 4.57. The molecular weight excluding hydrogens is 216 g/mol. The molecule has 0 fully saturated rings. The van der Waals surface area contributed by atoms with Crippen LogP contribution < -0.4 is 0 Å². The molecule has 1 aromatic heterocycles. The molecule has 4 heteroatoms. The number of aromatic nitrogens is 1. The van der Waals surface area contributed by atoms with Crippen LogP contribution in [0.15, 0.2) is 30.5 Å². The van der Waals surface area contributed by atoms with E-state index in [0.29, 0.717) is 5.92 Å². The molecule has 0 bridgehead atoms. The van der Waals surface area contributed by atoms with E-state index in [1.165, 1.54) is 0 Å². The fraction of sp³-hybridized carbons (Fsp3) is 0.385. The predicted octanol–water partition coefficient (Wildman–Crippen LogP) is 3.60. The Labute approximate surface area is 100 Å². The second-order valence-electron chi connectivity index (χ2n) is 4.69. The maximum absolute atomic E-state index is 10.7. The molecule has 0 saturated carbocycles. The van der Waals surface area contributed by atoms with Crippen molar-refractivity contribution in [3.05, 3.63) is 40.6 Å². The molecule has 0 aliphatic rings. The van der Waals surface area contributed by atoms with Crippen molar-refractivity contribution in [3.8, 4) is 0 Å². The Morgan fingerprint density at radius 3 is 2.76 bits per heavy atom. The smallest absolute Gasteiger partial charge is 0.270 e. The molecule has 4 nitrogen and oxygen atoms in total. The Hall–Kier alpha value is -1.84. The van der Waals surface area contributed by atoms with Crippen LogP contribution in [0.2, 0.25) is 0 Å². The van der Waals surface area contributed by atoms with Gasteiger partial charge in [-0.25, -0.2) is 0 Å². The highest BCUT2D eigenvalue weighted by molar-refractivity contribution is 5.82. The van der Waals surface area contributed by atoms with Crippen LogP contribution in [0.4, 0.5) is 5.69 Å². The third-order valence-electron chi connectivity index (χ3n) is 2.91. The summed E-state index contributed by atoms with van der Waals surface area (Å²) in [5.41, 5.74) is 1.22. The van der Waals surface area contributed by atoms with Crippen molar-refractivity contribution in [1.82, 2.24) is 4.57 Å². The number of hydrogen-bond donors (Lipinski definition) is 0. The Bertz CT molecular complexity index is 543. The van der Waals surface area contributed by atoms with Crippen LogP contribution >= 0.6 is 0 Å². The lowest BCUT2D eigenvalue weighted by atomic mass is 10.1. The fourth-order valence-corrected chi connectivity index (χ4v) is 1.89. The molecule has 0 N–H and O–H groups in total. The maximum atomic E-state index is 10.7. The van der Waals surface area contributed by atoms with Crippen LogP contribution in [-0.4, -0.2) is 9.49 Å². The van der Waals surface area contributed by atoms with Gasteiger partial charge in [-0.05, 0) is 24.5 Å². The Morgan fingerprint density at radius 1 is 1.35 bits per heavy atom. The van der Waals surface area contributed by atoms with Gasteiger partial charge < -0.3 is 4.57 Å². The van der Waals surface area contributed by atoms with Crippen molar-refractivity contribution in [2.24, 2.45) is 5.92 Å². The van der Waals surface area contributed by atoms with E-state index >= 15 is 0 Å². The zero-order chi connectivity index (χ0) is 12.4. The van der Waals surface area contributed by atoms with Crippen molar-refractivity contribution in [1.29, 1.82) is 0 Å². The van der Waals surface area contributed by atoms with Gasteiger partial charge in [0, 0.05) is 35.8 Å². The molecule has 0 atom stereocenters. The normalized spacial score (nSPS) is 11.2. The Morgan fingerprint density at radius 2 is 2.12 bits per heavy atom. The van der Waals surface area contributed by atoms with E-state index in [-0.39, 0.29) is 10.6 Å². The molecule has 17 heavy (non-hydrogen) atoms. The van der Waals surface area contributed by atoms with Gasteiger partial charge in [-0.15, -0.1) is 0 Å². The first-order valence-electron chi connectivity index (χ1n) is 5.81. The summed E-state index contributed by atoms with van der Waals surface area (Å²) in [5.74, 6) is 0.658. The monoisotopic (exact) mass is 232 g/mol. The first-order chi connectivity index (χ1) is 8.08. The largest absolute Gasteiger partial charge is 0.347 e. The standard InChI is InChI=1S/C13H16N2O2/c1-10(2)5-7-14-8-6-11-9-12(15(16)17)3-4-13(11)14/h3-4,6,8-10H,5,7H2,1-2H3. The maximum Gasteiger partial charge on any atom is 0.270 e. The summed E-state index contributed by atoms with van der Waals surface area (Å²) >= 11 is 0. The molecule has 0 saturated heterocycles. The lowest BCUT2D eigenvalue weighted by molar-refractivity contribution is -0.384. The minimum absolute atomic E-state index is 0.152. The number of rotatable bonds is 4. The lowest BCUT2D eigenvalue weighted by Gasteiger charge is -2.07. The topological polar surface area (TPSA) is 48.1 Å². The molecule has 0 radical (unpaired) electrons. The number of non-ortho nitro benzene ring substituents is 1. The van der Waals surface area contributed by atoms with Crippen molar-refractivity contribution >= 4 is 16.6 Å². The molecule has 0 spiro atoms. The Kier molecular flexibility index (Phi) is 3.13. The predicted molar refractivity (Wildman–Crippen MR) is 68.0 cm³/mol. The van der Waals surface area contributed by atoms with Gasteiger partial charge in [0.2, 0.25) is 0 Å². The second-order valence-corrected chi connectivity index (χ2v) is 4.69. The summed E-state index contributed by atoms with van der Waals surface area (Å²) in [7, 11) is 0. The number of benzene rings is 1. The summed E-state index contributed by atoms with van der Waals surface area (Å²) in [6.45, 7) is 5.34. The SMILES string of the molecule is CC(C)CCn1ccc2cc([N+](=O)[O-])ccc21. The highest BCUT2D eigenvalue weighted by Gasteiger charge is 2.08.